The van der Waals surface area contributed by atoms with Crippen LogP contribution in [0.1, 0.15) is 58.6 Å². The van der Waals surface area contributed by atoms with Crippen molar-refractivity contribution in [2.45, 2.75) is 65.1 Å². The van der Waals surface area contributed by atoms with E-state index in [1.807, 2.05) is 19.9 Å². The number of amides is 1. The Morgan fingerprint density at radius 2 is 2.00 bits per heavy atom. The van der Waals surface area contributed by atoms with Crippen LogP contribution in [-0.4, -0.2) is 25.1 Å². The van der Waals surface area contributed by atoms with Crippen LogP contribution in [0, 0.1) is 17.7 Å². The van der Waals surface area contributed by atoms with E-state index in [1.54, 1.807) is 6.07 Å². The highest BCUT2D eigenvalue weighted by molar-refractivity contribution is 5.81. The van der Waals surface area contributed by atoms with Crippen molar-refractivity contribution in [1.29, 1.82) is 0 Å². The Labute approximate surface area is 150 Å². The molecule has 5 atom stereocenters. The van der Waals surface area contributed by atoms with Gasteiger partial charge in [-0.25, -0.2) is 4.39 Å². The highest BCUT2D eigenvalue weighted by Gasteiger charge is 2.29. The molecule has 140 valence electrons. The molecule has 1 aliphatic carbocycles. The monoisotopic (exact) mass is 350 g/mol. The molecular formula is C20H31FN2O2. The lowest BCUT2D eigenvalue weighted by atomic mass is 9.78. The third kappa shape index (κ3) is 4.94. The van der Waals surface area contributed by atoms with Crippen molar-refractivity contribution in [2.75, 3.05) is 7.11 Å². The van der Waals surface area contributed by atoms with Crippen molar-refractivity contribution in [2.24, 2.45) is 11.8 Å². The first-order chi connectivity index (χ1) is 11.8. The highest BCUT2D eigenvalue weighted by atomic mass is 19.1. The first kappa shape index (κ1) is 19.7. The van der Waals surface area contributed by atoms with Crippen LogP contribution in [0.3, 0.4) is 0 Å². The second kappa shape index (κ2) is 8.65. The minimum absolute atomic E-state index is 0.00628. The van der Waals surface area contributed by atoms with E-state index in [1.165, 1.54) is 26.0 Å². The van der Waals surface area contributed by atoms with Gasteiger partial charge in [0.25, 0.3) is 0 Å². The summed E-state index contributed by atoms with van der Waals surface area (Å²) >= 11 is 0. The molecule has 2 rings (SSSR count). The molecule has 0 bridgehead atoms. The second-order valence-corrected chi connectivity index (χ2v) is 7.39. The van der Waals surface area contributed by atoms with Gasteiger partial charge in [0.05, 0.1) is 13.2 Å². The van der Waals surface area contributed by atoms with Crippen molar-refractivity contribution in [3.63, 3.8) is 0 Å². The zero-order valence-electron chi connectivity index (χ0n) is 15.9. The fourth-order valence-electron chi connectivity index (χ4n) is 3.59. The maximum atomic E-state index is 13.9. The van der Waals surface area contributed by atoms with Crippen molar-refractivity contribution >= 4 is 5.91 Å². The number of ether oxygens (including phenoxy) is 1. The lowest BCUT2D eigenvalue weighted by Crippen LogP contribution is -2.50. The predicted molar refractivity (Wildman–Crippen MR) is 98.1 cm³/mol. The Kier molecular flexibility index (Phi) is 6.82. The lowest BCUT2D eigenvalue weighted by molar-refractivity contribution is -0.124. The molecule has 1 aromatic carbocycles. The largest absolute Gasteiger partial charge is 0.494 e. The van der Waals surface area contributed by atoms with E-state index in [9.17, 15) is 9.18 Å². The van der Waals surface area contributed by atoms with Gasteiger partial charge < -0.3 is 10.1 Å². The number of carbonyl (C=O) groups is 1. The van der Waals surface area contributed by atoms with E-state index < -0.39 is 5.82 Å². The van der Waals surface area contributed by atoms with Crippen LogP contribution in [0.25, 0.3) is 0 Å². The smallest absolute Gasteiger partial charge is 0.237 e. The third-order valence-corrected chi connectivity index (χ3v) is 5.60. The predicted octanol–water partition coefficient (Wildman–Crippen LogP) is 3.81. The average molecular weight is 350 g/mol. The number of benzene rings is 1. The molecule has 1 fully saturated rings. The normalized spacial score (nSPS) is 25.9. The lowest BCUT2D eigenvalue weighted by Gasteiger charge is -2.35. The molecule has 0 aliphatic heterocycles. The molecule has 0 heterocycles. The van der Waals surface area contributed by atoms with Gasteiger partial charge in [-0.05, 0) is 49.8 Å². The van der Waals surface area contributed by atoms with E-state index in [4.69, 9.17) is 4.74 Å². The molecule has 2 N–H and O–H groups in total. The summed E-state index contributed by atoms with van der Waals surface area (Å²) in [5.74, 6) is 0.978. The van der Waals surface area contributed by atoms with Crippen LogP contribution >= 0.6 is 0 Å². The van der Waals surface area contributed by atoms with Crippen LogP contribution in [0.2, 0.25) is 0 Å². The molecular weight excluding hydrogens is 319 g/mol. The molecule has 4 nitrogen and oxygen atoms in total. The average Bonchev–Trinajstić information content (AvgIpc) is 2.58. The summed E-state index contributed by atoms with van der Waals surface area (Å²) < 4.78 is 18.8. The Bertz CT molecular complexity index is 593. The van der Waals surface area contributed by atoms with Crippen molar-refractivity contribution in [3.8, 4) is 5.75 Å². The molecule has 0 aromatic heterocycles. The molecule has 5 heteroatoms. The molecule has 1 amide bonds. The van der Waals surface area contributed by atoms with Crippen molar-refractivity contribution < 1.29 is 13.9 Å². The minimum atomic E-state index is -0.393. The van der Waals surface area contributed by atoms with E-state index in [2.05, 4.69) is 24.5 Å². The van der Waals surface area contributed by atoms with Crippen LogP contribution in [-0.2, 0) is 4.79 Å². The number of halogens is 1. The molecule has 1 saturated carbocycles. The van der Waals surface area contributed by atoms with Gasteiger partial charge in [-0.3, -0.25) is 10.1 Å². The van der Waals surface area contributed by atoms with Crippen LogP contribution in [0.4, 0.5) is 4.39 Å². The number of hydrogen-bond donors (Lipinski definition) is 2. The topological polar surface area (TPSA) is 50.4 Å². The van der Waals surface area contributed by atoms with E-state index in [0.29, 0.717) is 11.8 Å². The van der Waals surface area contributed by atoms with Gasteiger partial charge in [0.2, 0.25) is 5.91 Å². The summed E-state index contributed by atoms with van der Waals surface area (Å²) in [7, 11) is 1.44. The van der Waals surface area contributed by atoms with Gasteiger partial charge in [-0.2, -0.15) is 0 Å². The Balaban J connectivity index is 1.92. The SMILES string of the molecule is COc1ccc(C(C)NC(C)C(=O)NC2CCCC(C)C2C)cc1F. The molecule has 25 heavy (non-hydrogen) atoms. The molecule has 0 saturated heterocycles. The summed E-state index contributed by atoms with van der Waals surface area (Å²) in [6.07, 6.45) is 3.45. The third-order valence-electron chi connectivity index (χ3n) is 5.60. The fourth-order valence-corrected chi connectivity index (χ4v) is 3.59. The van der Waals surface area contributed by atoms with Gasteiger partial charge in [0, 0.05) is 12.1 Å². The van der Waals surface area contributed by atoms with Crippen LogP contribution in [0.5, 0.6) is 5.75 Å². The molecule has 0 spiro atoms. The van der Waals surface area contributed by atoms with Crippen molar-refractivity contribution in [1.82, 2.24) is 10.6 Å². The van der Waals surface area contributed by atoms with Crippen LogP contribution < -0.4 is 15.4 Å². The van der Waals surface area contributed by atoms with E-state index in [0.717, 1.165) is 12.0 Å². The van der Waals surface area contributed by atoms with Gasteiger partial charge >= 0.3 is 0 Å². The maximum absolute atomic E-state index is 13.9. The zero-order chi connectivity index (χ0) is 18.6. The summed E-state index contributed by atoms with van der Waals surface area (Å²) in [4.78, 5) is 12.5. The Morgan fingerprint density at radius 3 is 2.64 bits per heavy atom. The van der Waals surface area contributed by atoms with Gasteiger partial charge in [0.15, 0.2) is 11.6 Å². The molecule has 5 unspecified atom stereocenters. The summed E-state index contributed by atoms with van der Waals surface area (Å²) in [5.41, 5.74) is 0.789. The first-order valence-electron chi connectivity index (χ1n) is 9.23. The Morgan fingerprint density at radius 1 is 1.28 bits per heavy atom. The van der Waals surface area contributed by atoms with Crippen LogP contribution in [0.15, 0.2) is 18.2 Å². The maximum Gasteiger partial charge on any atom is 0.237 e. The molecule has 1 aromatic rings. The summed E-state index contributed by atoms with van der Waals surface area (Å²) in [5, 5.41) is 6.45. The first-order valence-corrected chi connectivity index (χ1v) is 9.23. The second-order valence-electron chi connectivity index (χ2n) is 7.39. The number of nitrogens with one attached hydrogen (secondary N) is 2. The number of carbonyl (C=O) groups excluding carboxylic acids is 1. The zero-order valence-corrected chi connectivity index (χ0v) is 15.9. The van der Waals surface area contributed by atoms with E-state index >= 15 is 0 Å². The quantitative estimate of drug-likeness (QED) is 0.820. The van der Waals surface area contributed by atoms with E-state index in [-0.39, 0.29) is 29.8 Å². The summed E-state index contributed by atoms with van der Waals surface area (Å²) in [6.45, 7) is 8.25. The number of hydrogen-bond acceptors (Lipinski definition) is 3. The standard InChI is InChI=1S/C20H31FN2O2/c1-12-7-6-8-18(13(12)2)23-20(24)15(4)22-14(3)16-9-10-19(25-5)17(21)11-16/h9-15,18,22H,6-8H2,1-5H3,(H,23,24). The number of methoxy groups -OCH3 is 1. The fraction of sp³-hybridized carbons (Fsp3) is 0.650. The molecule has 1 aliphatic rings. The molecule has 0 radical (unpaired) electrons. The van der Waals surface area contributed by atoms with Gasteiger partial charge in [-0.15, -0.1) is 0 Å². The van der Waals surface area contributed by atoms with Crippen molar-refractivity contribution in [3.05, 3.63) is 29.6 Å². The Hall–Kier alpha value is -1.62. The number of rotatable bonds is 6. The summed E-state index contributed by atoms with van der Waals surface area (Å²) in [6, 6.07) is 4.64. The van der Waals surface area contributed by atoms with Gasteiger partial charge in [-0.1, -0.05) is 32.8 Å². The highest BCUT2D eigenvalue weighted by Crippen LogP contribution is 2.29. The minimum Gasteiger partial charge on any atom is -0.494 e. The van der Waals surface area contributed by atoms with Gasteiger partial charge in [0.1, 0.15) is 0 Å².